The largest absolute Gasteiger partial charge is 0.471 e. The monoisotopic (exact) mass is 545 g/mol. The number of carbonyl (C=O) groups excluding carboxylic acids is 2. The first-order valence-electron chi connectivity index (χ1n) is 12.9. The Hall–Kier alpha value is -3.69. The van der Waals surface area contributed by atoms with Gasteiger partial charge in [0, 0.05) is 29.7 Å². The maximum absolute atomic E-state index is 12.8. The maximum Gasteiger partial charge on any atom is 0.471 e. The number of carbonyl (C=O) groups is 2. The van der Waals surface area contributed by atoms with Crippen molar-refractivity contribution in [2.75, 3.05) is 5.32 Å². The highest BCUT2D eigenvalue weighted by atomic mass is 19.4. The number of benzene rings is 2. The number of rotatable bonds is 11. The van der Waals surface area contributed by atoms with E-state index in [4.69, 9.17) is 4.74 Å². The molecule has 1 heterocycles. The quantitative estimate of drug-likeness (QED) is 0.195. The van der Waals surface area contributed by atoms with Crippen LogP contribution in [0.2, 0.25) is 0 Å². The van der Waals surface area contributed by atoms with Crippen molar-refractivity contribution in [1.82, 2.24) is 10.1 Å². The number of nitrogens with zero attached hydrogens (tertiary/aromatic N) is 2. The molecule has 0 radical (unpaired) electrons. The first-order valence-corrected chi connectivity index (χ1v) is 12.9. The van der Waals surface area contributed by atoms with Crippen molar-refractivity contribution >= 4 is 17.4 Å². The van der Waals surface area contributed by atoms with Gasteiger partial charge in [0.15, 0.2) is 5.78 Å². The number of ether oxygens (including phenoxy) is 1. The molecule has 0 saturated carbocycles. The zero-order chi connectivity index (χ0) is 28.8. The smallest absolute Gasteiger partial charge is 0.460 e. The third kappa shape index (κ3) is 8.66. The fourth-order valence-corrected chi connectivity index (χ4v) is 3.95. The highest BCUT2D eigenvalue weighted by Crippen LogP contribution is 2.32. The highest BCUT2D eigenvalue weighted by Gasteiger charge is 2.38. The molecule has 0 aliphatic heterocycles. The topological polar surface area (TPSA) is 94.3 Å². The molecular formula is C29H34F3N3O4. The van der Waals surface area contributed by atoms with Crippen molar-refractivity contribution in [3.05, 3.63) is 65.5 Å². The van der Waals surface area contributed by atoms with E-state index in [2.05, 4.69) is 33.8 Å². The lowest BCUT2D eigenvalue weighted by Gasteiger charge is -2.26. The Morgan fingerprint density at radius 1 is 1.00 bits per heavy atom. The summed E-state index contributed by atoms with van der Waals surface area (Å²) in [5.74, 6) is -1.65. The number of halogens is 3. The molecule has 0 aliphatic carbocycles. The zero-order valence-electron chi connectivity index (χ0n) is 22.8. The summed E-state index contributed by atoms with van der Waals surface area (Å²) >= 11 is 0. The second kappa shape index (κ2) is 12.4. The van der Waals surface area contributed by atoms with E-state index in [1.807, 2.05) is 24.3 Å². The third-order valence-corrected chi connectivity index (χ3v) is 6.14. The van der Waals surface area contributed by atoms with Gasteiger partial charge in [-0.05, 0) is 62.9 Å². The van der Waals surface area contributed by atoms with Gasteiger partial charge in [0.05, 0.1) is 6.04 Å². The van der Waals surface area contributed by atoms with Crippen LogP contribution in [0.4, 0.5) is 18.9 Å². The van der Waals surface area contributed by atoms with E-state index in [1.165, 1.54) is 0 Å². The van der Waals surface area contributed by atoms with E-state index >= 15 is 0 Å². The number of hydrogen-bond acceptors (Lipinski definition) is 7. The predicted octanol–water partition coefficient (Wildman–Crippen LogP) is 7.65. The fourth-order valence-electron chi connectivity index (χ4n) is 3.95. The lowest BCUT2D eigenvalue weighted by molar-refractivity contribution is -0.159. The molecule has 0 aliphatic rings. The molecule has 3 rings (SSSR count). The summed E-state index contributed by atoms with van der Waals surface area (Å²) in [4.78, 5) is 27.9. The average Bonchev–Trinajstić information content (AvgIpc) is 3.37. The Labute approximate surface area is 226 Å². The number of hydrogen-bond donors (Lipinski definition) is 1. The standard InChI is InChI=1S/C29H34F3N3O4/c1-6-18(2)25(20-10-12-21(13-11-20)26-34-27(39-35-26)29(30,31)32)33-22-16-14-19(15-17-22)23(36)8-7-9-24(37)38-28(3,4)5/h10-18,25,33H,6-9H2,1-5H3/t18?,25-/m0/s1. The number of aromatic nitrogens is 2. The molecule has 210 valence electrons. The summed E-state index contributed by atoms with van der Waals surface area (Å²) in [7, 11) is 0. The van der Waals surface area contributed by atoms with Crippen LogP contribution in [0, 0.1) is 5.92 Å². The summed E-state index contributed by atoms with van der Waals surface area (Å²) in [6, 6.07) is 14.1. The Balaban J connectivity index is 1.64. The molecule has 1 aromatic heterocycles. The van der Waals surface area contributed by atoms with Crippen LogP contribution < -0.4 is 5.32 Å². The Morgan fingerprint density at radius 2 is 1.64 bits per heavy atom. The molecule has 39 heavy (non-hydrogen) atoms. The number of alkyl halides is 3. The van der Waals surface area contributed by atoms with Crippen LogP contribution in [0.1, 0.15) is 88.2 Å². The molecular weight excluding hydrogens is 511 g/mol. The van der Waals surface area contributed by atoms with Crippen LogP contribution in [0.15, 0.2) is 53.1 Å². The van der Waals surface area contributed by atoms with E-state index < -0.39 is 17.7 Å². The second-order valence-corrected chi connectivity index (χ2v) is 10.5. The van der Waals surface area contributed by atoms with Crippen molar-refractivity contribution < 1.29 is 32.0 Å². The SMILES string of the molecule is CCC(C)[C@H](Nc1ccc(C(=O)CCCC(=O)OC(C)(C)C)cc1)c1ccc(-c2noc(C(F)(F)F)n2)cc1. The van der Waals surface area contributed by atoms with E-state index in [9.17, 15) is 22.8 Å². The number of anilines is 1. The summed E-state index contributed by atoms with van der Waals surface area (Å²) in [6.07, 6.45) is -2.96. The van der Waals surface area contributed by atoms with Crippen molar-refractivity contribution in [3.8, 4) is 11.4 Å². The van der Waals surface area contributed by atoms with Gasteiger partial charge in [-0.15, -0.1) is 0 Å². The number of nitrogens with one attached hydrogen (secondary N) is 1. The molecule has 0 spiro atoms. The molecule has 0 saturated heterocycles. The predicted molar refractivity (Wildman–Crippen MR) is 141 cm³/mol. The summed E-state index contributed by atoms with van der Waals surface area (Å²) in [5, 5.41) is 6.94. The van der Waals surface area contributed by atoms with Crippen molar-refractivity contribution in [3.63, 3.8) is 0 Å². The normalized spacial score (nSPS) is 13.5. The molecule has 3 aromatic rings. The third-order valence-electron chi connectivity index (χ3n) is 6.14. The Bertz CT molecular complexity index is 1250. The molecule has 2 aromatic carbocycles. The van der Waals surface area contributed by atoms with Gasteiger partial charge >= 0.3 is 18.0 Å². The minimum Gasteiger partial charge on any atom is -0.460 e. The Kier molecular flexibility index (Phi) is 9.53. The van der Waals surface area contributed by atoms with Crippen LogP contribution in [0.5, 0.6) is 0 Å². The van der Waals surface area contributed by atoms with Crippen LogP contribution in [0.3, 0.4) is 0 Å². The van der Waals surface area contributed by atoms with Crippen molar-refractivity contribution in [2.45, 2.75) is 78.1 Å². The molecule has 10 heteroatoms. The van der Waals surface area contributed by atoms with Gasteiger partial charge in [-0.2, -0.15) is 18.2 Å². The first kappa shape index (κ1) is 29.9. The summed E-state index contributed by atoms with van der Waals surface area (Å²) in [6.45, 7) is 9.59. The van der Waals surface area contributed by atoms with Crippen LogP contribution in [-0.4, -0.2) is 27.5 Å². The second-order valence-electron chi connectivity index (χ2n) is 10.5. The molecule has 7 nitrogen and oxygen atoms in total. The number of esters is 1. The van der Waals surface area contributed by atoms with Gasteiger partial charge in [0.1, 0.15) is 5.60 Å². The molecule has 2 atom stereocenters. The van der Waals surface area contributed by atoms with Gasteiger partial charge in [0.2, 0.25) is 5.82 Å². The van der Waals surface area contributed by atoms with Crippen molar-refractivity contribution in [2.24, 2.45) is 5.92 Å². The van der Waals surface area contributed by atoms with Crippen LogP contribution in [0.25, 0.3) is 11.4 Å². The van der Waals surface area contributed by atoms with Gasteiger partial charge in [-0.25, -0.2) is 0 Å². The fraction of sp³-hybridized carbons (Fsp3) is 0.448. The molecule has 0 bridgehead atoms. The van der Waals surface area contributed by atoms with Crippen LogP contribution >= 0.6 is 0 Å². The van der Waals surface area contributed by atoms with Crippen molar-refractivity contribution in [1.29, 1.82) is 0 Å². The summed E-state index contributed by atoms with van der Waals surface area (Å²) in [5.41, 5.74) is 2.19. The maximum atomic E-state index is 12.8. The van der Waals surface area contributed by atoms with Gasteiger partial charge in [-0.3, -0.25) is 9.59 Å². The average molecular weight is 546 g/mol. The van der Waals surface area contributed by atoms with Crippen LogP contribution in [-0.2, 0) is 15.7 Å². The lowest BCUT2D eigenvalue weighted by Crippen LogP contribution is -2.23. The van der Waals surface area contributed by atoms with E-state index in [1.54, 1.807) is 45.0 Å². The molecule has 0 amide bonds. The van der Waals surface area contributed by atoms with Gasteiger partial charge < -0.3 is 14.6 Å². The first-order chi connectivity index (χ1) is 18.3. The number of ketones is 1. The van der Waals surface area contributed by atoms with E-state index in [0.29, 0.717) is 17.5 Å². The minimum absolute atomic E-state index is 0.0469. The number of Topliss-reactive ketones (excluding diaryl/α,β-unsaturated/α-hetero) is 1. The van der Waals surface area contributed by atoms with Gasteiger partial charge in [0.25, 0.3) is 0 Å². The highest BCUT2D eigenvalue weighted by molar-refractivity contribution is 5.96. The van der Waals surface area contributed by atoms with E-state index in [0.717, 1.165) is 17.7 Å². The molecule has 1 unspecified atom stereocenters. The van der Waals surface area contributed by atoms with E-state index in [-0.39, 0.29) is 42.4 Å². The molecule has 1 N–H and O–H groups in total. The zero-order valence-corrected chi connectivity index (χ0v) is 22.8. The minimum atomic E-state index is -4.70. The lowest BCUT2D eigenvalue weighted by atomic mass is 9.91. The Morgan fingerprint density at radius 3 is 2.18 bits per heavy atom. The van der Waals surface area contributed by atoms with Gasteiger partial charge in [-0.1, -0.05) is 49.7 Å². The molecule has 0 fully saturated rings. The summed E-state index contributed by atoms with van der Waals surface area (Å²) < 4.78 is 48.0.